The van der Waals surface area contributed by atoms with Crippen molar-refractivity contribution in [3.63, 3.8) is 0 Å². The highest BCUT2D eigenvalue weighted by Gasteiger charge is 2.36. The molecule has 8 heteroatoms. The van der Waals surface area contributed by atoms with Crippen LogP contribution in [0, 0.1) is 5.82 Å². The second-order valence-electron chi connectivity index (χ2n) is 7.73. The Labute approximate surface area is 170 Å². The van der Waals surface area contributed by atoms with Gasteiger partial charge in [-0.3, -0.25) is 14.7 Å². The minimum absolute atomic E-state index is 0.219. The summed E-state index contributed by atoms with van der Waals surface area (Å²) in [4.78, 5) is 32.2. The van der Waals surface area contributed by atoms with Gasteiger partial charge >= 0.3 is 6.09 Å². The van der Waals surface area contributed by atoms with E-state index in [1.807, 2.05) is 0 Å². The molecule has 1 aliphatic carbocycles. The Kier molecular flexibility index (Phi) is 5.91. The third kappa shape index (κ3) is 4.41. The molecule has 1 atom stereocenters. The van der Waals surface area contributed by atoms with E-state index >= 15 is 4.39 Å². The number of halogens is 1. The number of carbonyl (C=O) groups is 2. The Morgan fingerprint density at radius 1 is 1.31 bits per heavy atom. The number of amides is 2. The molecule has 2 N–H and O–H groups in total. The zero-order valence-electron chi connectivity index (χ0n) is 17.2. The minimum Gasteiger partial charge on any atom is -0.446 e. The molecule has 1 fully saturated rings. The van der Waals surface area contributed by atoms with E-state index in [1.54, 1.807) is 27.0 Å². The Morgan fingerprint density at radius 3 is 2.55 bits per heavy atom. The summed E-state index contributed by atoms with van der Waals surface area (Å²) in [7, 11) is 0. The molecule has 0 spiro atoms. The smallest absolute Gasteiger partial charge is 0.414 e. The van der Waals surface area contributed by atoms with Crippen LogP contribution in [0.4, 0.5) is 20.6 Å². The van der Waals surface area contributed by atoms with Crippen LogP contribution >= 0.6 is 0 Å². The van der Waals surface area contributed by atoms with Gasteiger partial charge in [0.2, 0.25) is 5.91 Å². The molecule has 0 saturated heterocycles. The van der Waals surface area contributed by atoms with Gasteiger partial charge in [0.05, 0.1) is 29.6 Å². The van der Waals surface area contributed by atoms with Crippen LogP contribution < -0.4 is 15.5 Å². The second kappa shape index (κ2) is 8.23. The Morgan fingerprint density at radius 2 is 2.00 bits per heavy atom. The lowest BCUT2D eigenvalue weighted by molar-refractivity contribution is -0.117. The minimum atomic E-state index is -0.543. The summed E-state index contributed by atoms with van der Waals surface area (Å²) < 4.78 is 20.4. The molecule has 156 valence electrons. The third-order valence-electron chi connectivity index (χ3n) is 4.86. The number of hydrogen-bond donors (Lipinski definition) is 1. The number of aliphatic imine (C=N–C) groups is 1. The number of benzene rings is 1. The van der Waals surface area contributed by atoms with E-state index in [-0.39, 0.29) is 36.2 Å². The summed E-state index contributed by atoms with van der Waals surface area (Å²) in [6.45, 7) is 6.98. The van der Waals surface area contributed by atoms with E-state index in [4.69, 9.17) is 10.5 Å². The molecule has 0 radical (unpaired) electrons. The lowest BCUT2D eigenvalue weighted by Gasteiger charge is -2.40. The van der Waals surface area contributed by atoms with Gasteiger partial charge in [-0.15, -0.1) is 0 Å². The number of ether oxygens (including phenoxy) is 1. The molecule has 2 amide bonds. The van der Waals surface area contributed by atoms with Gasteiger partial charge < -0.3 is 15.4 Å². The Hall–Kier alpha value is -2.90. The van der Waals surface area contributed by atoms with Gasteiger partial charge in [-0.25, -0.2) is 9.18 Å². The fraction of sp³-hybridized carbons (Fsp3) is 0.476. The zero-order chi connectivity index (χ0) is 21.3. The summed E-state index contributed by atoms with van der Waals surface area (Å²) in [5.74, 6) is -0.770. The summed E-state index contributed by atoms with van der Waals surface area (Å²) in [5.41, 5.74) is 7.09. The monoisotopic (exact) mass is 402 g/mol. The van der Waals surface area contributed by atoms with E-state index in [1.165, 1.54) is 35.1 Å². The van der Waals surface area contributed by atoms with E-state index in [9.17, 15) is 9.59 Å². The second-order valence-corrected chi connectivity index (χ2v) is 7.73. The first-order chi connectivity index (χ1) is 13.7. The molecule has 0 bridgehead atoms. The highest BCUT2D eigenvalue weighted by atomic mass is 19.1. The Balaban J connectivity index is 2.09. The van der Waals surface area contributed by atoms with Crippen molar-refractivity contribution in [2.45, 2.75) is 58.7 Å². The normalized spacial score (nSPS) is 19.7. The molecule has 1 saturated carbocycles. The van der Waals surface area contributed by atoms with E-state index < -0.39 is 11.9 Å². The zero-order valence-corrected chi connectivity index (χ0v) is 17.2. The van der Waals surface area contributed by atoms with Crippen LogP contribution in [0.3, 0.4) is 0 Å². The molecule has 1 heterocycles. The Bertz CT molecular complexity index is 877. The standard InChI is InChI=1S/C21H27FN4O3/c1-12(2)29-21(28)25-11-13(3)26(14(4)27)20-8-18(22)17(7-19(20)25)15(9-23)10-24-16-5-6-16/h7-10,12-13,16H,5-6,11,23H2,1-4H3. The molecule has 1 aromatic carbocycles. The van der Waals surface area contributed by atoms with Gasteiger partial charge in [-0.1, -0.05) is 0 Å². The topological polar surface area (TPSA) is 88.2 Å². The number of hydrogen-bond acceptors (Lipinski definition) is 5. The quantitative estimate of drug-likeness (QED) is 0.781. The predicted octanol–water partition coefficient (Wildman–Crippen LogP) is 3.46. The van der Waals surface area contributed by atoms with Gasteiger partial charge in [0.15, 0.2) is 0 Å². The lowest BCUT2D eigenvalue weighted by atomic mass is 10.0. The van der Waals surface area contributed by atoms with Crippen LogP contribution in [0.15, 0.2) is 23.3 Å². The number of nitrogens with zero attached hydrogens (tertiary/aromatic N) is 3. The van der Waals surface area contributed by atoms with Gasteiger partial charge in [-0.2, -0.15) is 0 Å². The van der Waals surface area contributed by atoms with Gasteiger partial charge in [-0.05, 0) is 39.7 Å². The van der Waals surface area contributed by atoms with E-state index in [0.29, 0.717) is 16.9 Å². The SMILES string of the molecule is CC(=O)N1c2cc(F)c(C(C=NC3CC3)=CN)cc2N(C(=O)OC(C)C)CC1C. The molecular weight excluding hydrogens is 375 g/mol. The van der Waals surface area contributed by atoms with Crippen molar-refractivity contribution < 1.29 is 18.7 Å². The van der Waals surface area contributed by atoms with Crippen LogP contribution in [-0.2, 0) is 9.53 Å². The lowest BCUT2D eigenvalue weighted by Crippen LogP contribution is -2.52. The number of anilines is 2. The number of carbonyl (C=O) groups excluding carboxylic acids is 2. The maximum atomic E-state index is 15.0. The first-order valence-corrected chi connectivity index (χ1v) is 9.79. The summed E-state index contributed by atoms with van der Waals surface area (Å²) in [6, 6.07) is 2.74. The highest BCUT2D eigenvalue weighted by Crippen LogP contribution is 2.39. The molecule has 1 aromatic rings. The van der Waals surface area contributed by atoms with Crippen LogP contribution in [0.25, 0.3) is 5.57 Å². The molecule has 1 aliphatic heterocycles. The molecule has 7 nitrogen and oxygen atoms in total. The molecule has 0 aromatic heterocycles. The maximum Gasteiger partial charge on any atom is 0.414 e. The largest absolute Gasteiger partial charge is 0.446 e. The van der Waals surface area contributed by atoms with Crippen molar-refractivity contribution in [1.82, 2.24) is 0 Å². The van der Waals surface area contributed by atoms with Crippen molar-refractivity contribution >= 4 is 35.2 Å². The highest BCUT2D eigenvalue weighted by molar-refractivity contribution is 6.11. The van der Waals surface area contributed by atoms with Crippen molar-refractivity contribution in [2.75, 3.05) is 16.3 Å². The first-order valence-electron chi connectivity index (χ1n) is 9.79. The average Bonchev–Trinajstić information content (AvgIpc) is 3.45. The summed E-state index contributed by atoms with van der Waals surface area (Å²) >= 11 is 0. The van der Waals surface area contributed by atoms with Crippen LogP contribution in [-0.4, -0.2) is 42.9 Å². The number of fused-ring (bicyclic) bond motifs is 1. The first kappa shape index (κ1) is 20.8. The number of allylic oxidation sites excluding steroid dienone is 1. The number of rotatable bonds is 4. The summed E-state index contributed by atoms with van der Waals surface area (Å²) in [6.07, 6.45) is 4.04. The van der Waals surface area contributed by atoms with E-state index in [0.717, 1.165) is 12.8 Å². The molecular formula is C21H27FN4O3. The van der Waals surface area contributed by atoms with Crippen LogP contribution in [0.5, 0.6) is 0 Å². The molecule has 2 aliphatic rings. The molecule has 29 heavy (non-hydrogen) atoms. The molecule has 3 rings (SSSR count). The average molecular weight is 402 g/mol. The molecule has 1 unspecified atom stereocenters. The summed E-state index contributed by atoms with van der Waals surface area (Å²) in [5, 5.41) is 0. The van der Waals surface area contributed by atoms with Crippen LogP contribution in [0.2, 0.25) is 0 Å². The van der Waals surface area contributed by atoms with Gasteiger partial charge in [0, 0.05) is 43.1 Å². The van der Waals surface area contributed by atoms with Gasteiger partial charge in [0.1, 0.15) is 5.82 Å². The predicted molar refractivity (Wildman–Crippen MR) is 112 cm³/mol. The maximum absolute atomic E-state index is 15.0. The third-order valence-corrected chi connectivity index (χ3v) is 4.86. The van der Waals surface area contributed by atoms with Crippen LogP contribution in [0.1, 0.15) is 46.1 Å². The number of nitrogens with two attached hydrogens (primary N) is 1. The fourth-order valence-corrected chi connectivity index (χ4v) is 3.39. The van der Waals surface area contributed by atoms with Gasteiger partial charge in [0.25, 0.3) is 0 Å². The fourth-order valence-electron chi connectivity index (χ4n) is 3.39. The van der Waals surface area contributed by atoms with Crippen molar-refractivity contribution in [3.8, 4) is 0 Å². The van der Waals surface area contributed by atoms with E-state index in [2.05, 4.69) is 4.99 Å². The van der Waals surface area contributed by atoms with Crippen molar-refractivity contribution in [2.24, 2.45) is 10.7 Å². The van der Waals surface area contributed by atoms with Crippen molar-refractivity contribution in [3.05, 3.63) is 29.7 Å². The van der Waals surface area contributed by atoms with Crippen molar-refractivity contribution in [1.29, 1.82) is 0 Å².